The summed E-state index contributed by atoms with van der Waals surface area (Å²) in [5, 5.41) is 6.22. The molecule has 1 N–H and O–H groups in total. The van der Waals surface area contributed by atoms with Crippen molar-refractivity contribution < 1.29 is 23.2 Å². The van der Waals surface area contributed by atoms with Gasteiger partial charge >= 0.3 is 5.97 Å². The van der Waals surface area contributed by atoms with E-state index in [1.165, 1.54) is 24.3 Å². The van der Waals surface area contributed by atoms with Gasteiger partial charge in [-0.15, -0.1) is 0 Å². The monoisotopic (exact) mass is 354 g/mol. The number of rotatable bonds is 5. The maximum absolute atomic E-state index is 13.3. The standard InChI is InChI=1S/C19H15FN2O4/c1-12-10-16(22-26-12)21-18(23)17(13-6-3-2-4-7-13)25-19(24)14-8-5-9-15(20)11-14/h2-11,17H,1H3,(H,21,22,23)/t17-/m0/s1. The second-order valence-corrected chi connectivity index (χ2v) is 5.52. The average Bonchev–Trinajstić information content (AvgIpc) is 3.04. The van der Waals surface area contributed by atoms with Crippen LogP contribution in [0.2, 0.25) is 0 Å². The van der Waals surface area contributed by atoms with Crippen molar-refractivity contribution in [3.63, 3.8) is 0 Å². The molecule has 0 fully saturated rings. The van der Waals surface area contributed by atoms with Gasteiger partial charge in [-0.1, -0.05) is 41.6 Å². The average molecular weight is 354 g/mol. The van der Waals surface area contributed by atoms with Gasteiger partial charge in [-0.05, 0) is 25.1 Å². The summed E-state index contributed by atoms with van der Waals surface area (Å²) >= 11 is 0. The summed E-state index contributed by atoms with van der Waals surface area (Å²) in [7, 11) is 0. The number of anilines is 1. The van der Waals surface area contributed by atoms with E-state index in [9.17, 15) is 14.0 Å². The molecule has 0 unspecified atom stereocenters. The van der Waals surface area contributed by atoms with Crippen LogP contribution in [0.1, 0.15) is 27.8 Å². The van der Waals surface area contributed by atoms with E-state index in [0.717, 1.165) is 6.07 Å². The molecule has 26 heavy (non-hydrogen) atoms. The molecule has 0 saturated carbocycles. The lowest BCUT2D eigenvalue weighted by atomic mass is 10.1. The summed E-state index contributed by atoms with van der Waals surface area (Å²) in [6.45, 7) is 1.68. The third-order valence-electron chi connectivity index (χ3n) is 3.50. The van der Waals surface area contributed by atoms with Crippen LogP contribution in [-0.2, 0) is 9.53 Å². The summed E-state index contributed by atoms with van der Waals surface area (Å²) in [6, 6.07) is 15.1. The lowest BCUT2D eigenvalue weighted by Gasteiger charge is -2.17. The zero-order valence-corrected chi connectivity index (χ0v) is 13.8. The number of carbonyl (C=O) groups is 2. The molecule has 0 saturated heterocycles. The number of aryl methyl sites for hydroxylation is 1. The van der Waals surface area contributed by atoms with Gasteiger partial charge in [0.05, 0.1) is 5.56 Å². The fraction of sp³-hybridized carbons (Fsp3) is 0.105. The molecule has 0 spiro atoms. The van der Waals surface area contributed by atoms with Crippen LogP contribution in [0.15, 0.2) is 65.2 Å². The number of carbonyl (C=O) groups excluding carboxylic acids is 2. The normalized spacial score (nSPS) is 11.6. The lowest BCUT2D eigenvalue weighted by Crippen LogP contribution is -2.26. The first-order chi connectivity index (χ1) is 12.5. The predicted octanol–water partition coefficient (Wildman–Crippen LogP) is 3.66. The second kappa shape index (κ2) is 7.60. The highest BCUT2D eigenvalue weighted by Crippen LogP contribution is 2.22. The Hall–Kier alpha value is -3.48. The third-order valence-corrected chi connectivity index (χ3v) is 3.50. The highest BCUT2D eigenvalue weighted by molar-refractivity contribution is 5.97. The van der Waals surface area contributed by atoms with Crippen LogP contribution in [0, 0.1) is 12.7 Å². The highest BCUT2D eigenvalue weighted by atomic mass is 19.1. The lowest BCUT2D eigenvalue weighted by molar-refractivity contribution is -0.125. The van der Waals surface area contributed by atoms with Gasteiger partial charge in [0, 0.05) is 11.6 Å². The van der Waals surface area contributed by atoms with Crippen molar-refractivity contribution in [2.24, 2.45) is 0 Å². The Balaban J connectivity index is 1.83. The van der Waals surface area contributed by atoms with Gasteiger partial charge in [-0.2, -0.15) is 0 Å². The molecular weight excluding hydrogens is 339 g/mol. The zero-order chi connectivity index (χ0) is 18.5. The first-order valence-electron chi connectivity index (χ1n) is 7.78. The molecule has 1 heterocycles. The van der Waals surface area contributed by atoms with Gasteiger partial charge in [0.25, 0.3) is 5.91 Å². The van der Waals surface area contributed by atoms with Crippen LogP contribution in [0.5, 0.6) is 0 Å². The number of nitrogens with zero attached hydrogens (tertiary/aromatic N) is 1. The number of amides is 1. The van der Waals surface area contributed by atoms with E-state index >= 15 is 0 Å². The van der Waals surface area contributed by atoms with E-state index in [2.05, 4.69) is 10.5 Å². The molecule has 0 aliphatic carbocycles. The maximum atomic E-state index is 13.3. The predicted molar refractivity (Wildman–Crippen MR) is 90.9 cm³/mol. The van der Waals surface area contributed by atoms with Gasteiger partial charge in [0.2, 0.25) is 6.10 Å². The second-order valence-electron chi connectivity index (χ2n) is 5.52. The van der Waals surface area contributed by atoms with E-state index in [1.54, 1.807) is 37.3 Å². The van der Waals surface area contributed by atoms with E-state index in [1.807, 2.05) is 0 Å². The summed E-state index contributed by atoms with van der Waals surface area (Å²) < 4.78 is 23.6. The smallest absolute Gasteiger partial charge is 0.339 e. The van der Waals surface area contributed by atoms with Crippen molar-refractivity contribution in [3.8, 4) is 0 Å². The Morgan fingerprint density at radius 3 is 2.54 bits per heavy atom. The molecule has 0 bridgehead atoms. The molecule has 0 aliphatic heterocycles. The van der Waals surface area contributed by atoms with Gasteiger partial charge in [0.1, 0.15) is 11.6 Å². The molecule has 0 aliphatic rings. The Morgan fingerprint density at radius 1 is 1.12 bits per heavy atom. The van der Waals surface area contributed by atoms with Crippen LogP contribution in [-0.4, -0.2) is 17.0 Å². The van der Waals surface area contributed by atoms with Crippen molar-refractivity contribution in [2.75, 3.05) is 5.32 Å². The quantitative estimate of drug-likeness (QED) is 0.707. The summed E-state index contributed by atoms with van der Waals surface area (Å²) in [5.74, 6) is -1.26. The van der Waals surface area contributed by atoms with Gasteiger partial charge < -0.3 is 14.6 Å². The van der Waals surface area contributed by atoms with E-state index < -0.39 is 23.8 Å². The topological polar surface area (TPSA) is 81.4 Å². The molecule has 132 valence electrons. The number of ether oxygens (including phenoxy) is 1. The number of hydrogen-bond donors (Lipinski definition) is 1. The minimum atomic E-state index is -1.23. The molecule has 0 radical (unpaired) electrons. The molecule has 6 nitrogen and oxygen atoms in total. The molecule has 2 aromatic carbocycles. The SMILES string of the molecule is Cc1cc(NC(=O)[C@@H](OC(=O)c2cccc(F)c2)c2ccccc2)no1. The summed E-state index contributed by atoms with van der Waals surface area (Å²) in [6.07, 6.45) is -1.23. The Morgan fingerprint density at radius 2 is 1.88 bits per heavy atom. The van der Waals surface area contributed by atoms with Crippen LogP contribution in [0.25, 0.3) is 0 Å². The number of esters is 1. The first kappa shape index (κ1) is 17.3. The Kier molecular flexibility index (Phi) is 5.07. The minimum Gasteiger partial charge on any atom is -0.444 e. The number of aromatic nitrogens is 1. The van der Waals surface area contributed by atoms with Gasteiger partial charge in [0.15, 0.2) is 5.82 Å². The Bertz CT molecular complexity index is 924. The molecule has 3 aromatic rings. The van der Waals surface area contributed by atoms with Crippen molar-refractivity contribution in [3.05, 3.63) is 83.4 Å². The first-order valence-corrected chi connectivity index (χ1v) is 7.78. The van der Waals surface area contributed by atoms with Crippen LogP contribution < -0.4 is 5.32 Å². The molecule has 3 rings (SSSR count). The number of halogens is 1. The minimum absolute atomic E-state index is 0.0102. The molecule has 7 heteroatoms. The van der Waals surface area contributed by atoms with Crippen LogP contribution in [0.4, 0.5) is 10.2 Å². The van der Waals surface area contributed by atoms with Crippen molar-refractivity contribution >= 4 is 17.7 Å². The number of nitrogens with one attached hydrogen (secondary N) is 1. The fourth-order valence-electron chi connectivity index (χ4n) is 2.31. The molecule has 1 amide bonds. The van der Waals surface area contributed by atoms with Gasteiger partial charge in [-0.3, -0.25) is 4.79 Å². The van der Waals surface area contributed by atoms with E-state index in [0.29, 0.717) is 11.3 Å². The van der Waals surface area contributed by atoms with Crippen molar-refractivity contribution in [2.45, 2.75) is 13.0 Å². The van der Waals surface area contributed by atoms with Crippen LogP contribution in [0.3, 0.4) is 0 Å². The van der Waals surface area contributed by atoms with Crippen LogP contribution >= 0.6 is 0 Å². The fourth-order valence-corrected chi connectivity index (χ4v) is 2.31. The third kappa shape index (κ3) is 4.13. The number of hydrogen-bond acceptors (Lipinski definition) is 5. The van der Waals surface area contributed by atoms with Crippen molar-refractivity contribution in [1.29, 1.82) is 0 Å². The Labute approximate surface area is 148 Å². The highest BCUT2D eigenvalue weighted by Gasteiger charge is 2.26. The number of benzene rings is 2. The largest absolute Gasteiger partial charge is 0.444 e. The molecular formula is C19H15FN2O4. The zero-order valence-electron chi connectivity index (χ0n) is 13.8. The summed E-state index contributed by atoms with van der Waals surface area (Å²) in [4.78, 5) is 25.0. The van der Waals surface area contributed by atoms with E-state index in [4.69, 9.17) is 9.26 Å². The van der Waals surface area contributed by atoms with Gasteiger partial charge in [-0.25, -0.2) is 9.18 Å². The molecule has 1 atom stereocenters. The maximum Gasteiger partial charge on any atom is 0.339 e. The van der Waals surface area contributed by atoms with Crippen molar-refractivity contribution in [1.82, 2.24) is 5.16 Å². The van der Waals surface area contributed by atoms with E-state index in [-0.39, 0.29) is 11.4 Å². The summed E-state index contributed by atoms with van der Waals surface area (Å²) in [5.41, 5.74) is 0.478. The molecule has 1 aromatic heterocycles.